The largest absolute Gasteiger partial charge is 0.338 e. The van der Waals surface area contributed by atoms with Crippen molar-refractivity contribution in [1.82, 2.24) is 30.8 Å². The molecule has 0 fully saturated rings. The van der Waals surface area contributed by atoms with E-state index in [9.17, 15) is 14.0 Å². The van der Waals surface area contributed by atoms with Gasteiger partial charge in [0.2, 0.25) is 5.82 Å². The molecule has 0 saturated carbocycles. The number of carbonyl (C=O) groups excluding carboxylic acids is 2. The molecule has 21 heavy (non-hydrogen) atoms. The maximum absolute atomic E-state index is 13.1. The van der Waals surface area contributed by atoms with Gasteiger partial charge in [-0.25, -0.2) is 9.18 Å². The van der Waals surface area contributed by atoms with E-state index < -0.39 is 17.8 Å². The molecule has 0 atom stereocenters. The lowest BCUT2D eigenvalue weighted by Gasteiger charge is -2.03. The molecule has 8 nitrogen and oxygen atoms in total. The zero-order valence-electron chi connectivity index (χ0n) is 11.2. The van der Waals surface area contributed by atoms with Crippen molar-refractivity contribution in [1.29, 1.82) is 0 Å². The number of tetrazole rings is 1. The normalized spacial score (nSPS) is 10.2. The summed E-state index contributed by atoms with van der Waals surface area (Å²) in [6.07, 6.45) is 0. The molecule has 0 radical (unpaired) electrons. The van der Waals surface area contributed by atoms with E-state index in [1.54, 1.807) is 13.0 Å². The molecule has 2 aromatic rings. The van der Waals surface area contributed by atoms with Gasteiger partial charge in [-0.05, 0) is 24.3 Å². The molecule has 1 aromatic carbocycles. The summed E-state index contributed by atoms with van der Waals surface area (Å²) in [4.78, 5) is 23.7. The van der Waals surface area contributed by atoms with Crippen LogP contribution in [0.25, 0.3) is 11.4 Å². The molecule has 0 aliphatic carbocycles. The average molecular weight is 292 g/mol. The molecule has 0 saturated heterocycles. The number of urea groups is 1. The molecule has 1 aromatic heterocycles. The summed E-state index contributed by atoms with van der Waals surface area (Å²) >= 11 is 0. The van der Waals surface area contributed by atoms with Crippen LogP contribution in [0.4, 0.5) is 9.18 Å². The number of halogens is 1. The highest BCUT2D eigenvalue weighted by atomic mass is 19.1. The second-order valence-electron chi connectivity index (χ2n) is 4.06. The van der Waals surface area contributed by atoms with Gasteiger partial charge in [-0.15, -0.1) is 10.2 Å². The van der Waals surface area contributed by atoms with Crippen LogP contribution < -0.4 is 10.6 Å². The molecule has 0 aliphatic rings. The molecule has 2 N–H and O–H groups in total. The Labute approximate surface area is 119 Å². The van der Waals surface area contributed by atoms with Crippen molar-refractivity contribution < 1.29 is 14.0 Å². The number of hydrogen-bond acceptors (Lipinski definition) is 5. The van der Waals surface area contributed by atoms with Crippen LogP contribution in [0.1, 0.15) is 6.92 Å². The SMILES string of the molecule is CCNC(=O)NC(=O)Cn1nnc(-c2cccc(F)c2)n1. The van der Waals surface area contributed by atoms with Crippen LogP contribution >= 0.6 is 0 Å². The summed E-state index contributed by atoms with van der Waals surface area (Å²) in [7, 11) is 0. The lowest BCUT2D eigenvalue weighted by molar-refractivity contribution is -0.121. The van der Waals surface area contributed by atoms with Crippen LogP contribution in [0.2, 0.25) is 0 Å². The number of nitrogens with one attached hydrogen (secondary N) is 2. The minimum atomic E-state index is -0.590. The van der Waals surface area contributed by atoms with Gasteiger partial charge in [-0.3, -0.25) is 10.1 Å². The number of amides is 3. The van der Waals surface area contributed by atoms with Crippen LogP contribution in [0.15, 0.2) is 24.3 Å². The first-order valence-corrected chi connectivity index (χ1v) is 6.20. The highest BCUT2D eigenvalue weighted by Crippen LogP contribution is 2.14. The highest BCUT2D eigenvalue weighted by molar-refractivity contribution is 5.94. The van der Waals surface area contributed by atoms with Crippen LogP contribution in [0, 0.1) is 5.82 Å². The zero-order valence-corrected chi connectivity index (χ0v) is 11.2. The van der Waals surface area contributed by atoms with E-state index in [-0.39, 0.29) is 12.4 Å². The first kappa shape index (κ1) is 14.6. The molecule has 1 heterocycles. The lowest BCUT2D eigenvalue weighted by atomic mass is 10.2. The van der Waals surface area contributed by atoms with Gasteiger partial charge in [-0.1, -0.05) is 12.1 Å². The van der Waals surface area contributed by atoms with Crippen LogP contribution in [0.5, 0.6) is 0 Å². The van der Waals surface area contributed by atoms with E-state index >= 15 is 0 Å². The maximum Gasteiger partial charge on any atom is 0.321 e. The number of benzene rings is 1. The van der Waals surface area contributed by atoms with E-state index in [1.807, 2.05) is 0 Å². The van der Waals surface area contributed by atoms with Gasteiger partial charge in [0.1, 0.15) is 12.4 Å². The smallest absolute Gasteiger partial charge is 0.321 e. The van der Waals surface area contributed by atoms with Crippen molar-refractivity contribution in [2.75, 3.05) is 6.54 Å². The third-order valence-electron chi connectivity index (χ3n) is 2.41. The third-order valence-corrected chi connectivity index (χ3v) is 2.41. The van der Waals surface area contributed by atoms with E-state index in [0.717, 1.165) is 4.80 Å². The predicted molar refractivity (Wildman–Crippen MR) is 70.4 cm³/mol. The number of rotatable bonds is 4. The average Bonchev–Trinajstić information content (AvgIpc) is 2.87. The molecule has 0 spiro atoms. The van der Waals surface area contributed by atoms with E-state index in [2.05, 4.69) is 26.0 Å². The molecule has 0 aliphatic heterocycles. The van der Waals surface area contributed by atoms with Crippen molar-refractivity contribution in [3.63, 3.8) is 0 Å². The van der Waals surface area contributed by atoms with E-state index in [1.165, 1.54) is 18.2 Å². The number of imide groups is 1. The molecular formula is C12H13FN6O2. The predicted octanol–water partition coefficient (Wildman–Crippen LogP) is 0.325. The van der Waals surface area contributed by atoms with Crippen LogP contribution in [-0.4, -0.2) is 38.7 Å². The fourth-order valence-electron chi connectivity index (χ4n) is 1.55. The Balaban J connectivity index is 2.00. The Kier molecular flexibility index (Phi) is 4.54. The summed E-state index contributed by atoms with van der Waals surface area (Å²) in [5.74, 6) is -0.803. The Morgan fingerprint density at radius 1 is 1.38 bits per heavy atom. The molecule has 0 unspecified atom stereocenters. The first-order valence-electron chi connectivity index (χ1n) is 6.20. The minimum Gasteiger partial charge on any atom is -0.338 e. The van der Waals surface area contributed by atoms with Crippen molar-refractivity contribution in [3.05, 3.63) is 30.1 Å². The summed E-state index contributed by atoms with van der Waals surface area (Å²) in [5.41, 5.74) is 0.449. The highest BCUT2D eigenvalue weighted by Gasteiger charge is 2.11. The number of nitrogens with zero attached hydrogens (tertiary/aromatic N) is 4. The van der Waals surface area contributed by atoms with Crippen molar-refractivity contribution in [2.45, 2.75) is 13.5 Å². The van der Waals surface area contributed by atoms with Crippen molar-refractivity contribution in [3.8, 4) is 11.4 Å². The monoisotopic (exact) mass is 292 g/mol. The summed E-state index contributed by atoms with van der Waals surface area (Å²) in [6.45, 7) is 1.87. The number of hydrogen-bond donors (Lipinski definition) is 2. The summed E-state index contributed by atoms with van der Waals surface area (Å²) < 4.78 is 13.1. The van der Waals surface area contributed by atoms with Gasteiger partial charge in [-0.2, -0.15) is 4.80 Å². The van der Waals surface area contributed by atoms with Gasteiger partial charge in [0.25, 0.3) is 5.91 Å². The molecule has 3 amide bonds. The fraction of sp³-hybridized carbons (Fsp3) is 0.250. The standard InChI is InChI=1S/C12H13FN6O2/c1-2-14-12(21)15-10(20)7-19-17-11(16-18-19)8-4-3-5-9(13)6-8/h3-6H,2,7H2,1H3,(H2,14,15,20,21). The molecule has 9 heteroatoms. The van der Waals surface area contributed by atoms with Crippen molar-refractivity contribution >= 4 is 11.9 Å². The Hall–Kier alpha value is -2.84. The minimum absolute atomic E-state index is 0.195. The molecule has 2 rings (SSSR count). The van der Waals surface area contributed by atoms with Crippen LogP contribution in [0.3, 0.4) is 0 Å². The Morgan fingerprint density at radius 2 is 2.19 bits per heavy atom. The van der Waals surface area contributed by atoms with Crippen LogP contribution in [-0.2, 0) is 11.3 Å². The number of carbonyl (C=O) groups is 2. The second kappa shape index (κ2) is 6.55. The molecule has 0 bridgehead atoms. The summed E-state index contributed by atoms with van der Waals surface area (Å²) in [5, 5.41) is 15.9. The van der Waals surface area contributed by atoms with Gasteiger partial charge < -0.3 is 5.32 Å². The van der Waals surface area contributed by atoms with Gasteiger partial charge in [0.15, 0.2) is 0 Å². The second-order valence-corrected chi connectivity index (χ2v) is 4.06. The third kappa shape index (κ3) is 4.06. The quantitative estimate of drug-likeness (QED) is 0.845. The van der Waals surface area contributed by atoms with E-state index in [0.29, 0.717) is 12.1 Å². The van der Waals surface area contributed by atoms with Gasteiger partial charge in [0.05, 0.1) is 0 Å². The topological polar surface area (TPSA) is 102 Å². The first-order chi connectivity index (χ1) is 10.1. The Morgan fingerprint density at radius 3 is 2.90 bits per heavy atom. The Bertz CT molecular complexity index is 657. The van der Waals surface area contributed by atoms with Gasteiger partial charge >= 0.3 is 6.03 Å². The fourth-order valence-corrected chi connectivity index (χ4v) is 1.55. The molecule has 110 valence electrons. The van der Waals surface area contributed by atoms with Gasteiger partial charge in [0, 0.05) is 12.1 Å². The van der Waals surface area contributed by atoms with Crippen molar-refractivity contribution in [2.24, 2.45) is 0 Å². The van der Waals surface area contributed by atoms with E-state index in [4.69, 9.17) is 0 Å². The lowest BCUT2D eigenvalue weighted by Crippen LogP contribution is -2.41. The maximum atomic E-state index is 13.1. The summed E-state index contributed by atoms with van der Waals surface area (Å²) in [6, 6.07) is 5.11. The zero-order chi connectivity index (χ0) is 15.2. The number of aromatic nitrogens is 4. The molecular weight excluding hydrogens is 279 g/mol.